The average molecular weight is 651 g/mol. The van der Waals surface area contributed by atoms with E-state index in [1.165, 1.54) is 21.2 Å². The Morgan fingerprint density at radius 2 is 0.617 bits per heavy atom. The Balaban J connectivity index is 1.40. The fourth-order valence-corrected chi connectivity index (χ4v) is 12.4. The van der Waals surface area contributed by atoms with E-state index in [-0.39, 0.29) is 23.5 Å². The van der Waals surface area contributed by atoms with Crippen LogP contribution in [-0.4, -0.2) is 23.5 Å². The fourth-order valence-electron chi connectivity index (χ4n) is 6.93. The summed E-state index contributed by atoms with van der Waals surface area (Å²) in [6.45, 7) is 4.78. The molecule has 47 heavy (non-hydrogen) atoms. The molecule has 1 fully saturated rings. The van der Waals surface area contributed by atoms with Gasteiger partial charge in [-0.3, -0.25) is 0 Å². The predicted octanol–water partition coefficient (Wildman–Crippen LogP) is 8.71. The van der Waals surface area contributed by atoms with Crippen LogP contribution in [0.25, 0.3) is 0 Å². The maximum Gasteiger partial charge on any atom is 0.223 e. The largest absolute Gasteiger partial charge is 0.335 e. The normalized spacial score (nSPS) is 18.6. The van der Waals surface area contributed by atoms with Crippen molar-refractivity contribution in [1.29, 1.82) is 0 Å². The summed E-state index contributed by atoms with van der Waals surface area (Å²) >= 11 is 0. The van der Waals surface area contributed by atoms with Crippen LogP contribution in [0.2, 0.25) is 0 Å². The van der Waals surface area contributed by atoms with Crippen LogP contribution in [-0.2, 0) is 15.3 Å². The van der Waals surface area contributed by atoms with Crippen molar-refractivity contribution in [3.05, 3.63) is 193 Å². The van der Waals surface area contributed by atoms with Gasteiger partial charge in [0.1, 0.15) is 0 Å². The summed E-state index contributed by atoms with van der Waals surface area (Å²) in [5.41, 5.74) is 2.34. The van der Waals surface area contributed by atoms with Gasteiger partial charge in [0.15, 0.2) is 0 Å². The molecule has 1 aliphatic heterocycles. The molecule has 4 heteroatoms. The Kier molecular flexibility index (Phi) is 9.76. The minimum atomic E-state index is -1.04. The second kappa shape index (κ2) is 14.5. The van der Waals surface area contributed by atoms with Gasteiger partial charge >= 0.3 is 0 Å². The van der Waals surface area contributed by atoms with E-state index in [0.29, 0.717) is 0 Å². The second-order valence-corrected chi connectivity index (χ2v) is 17.3. The average Bonchev–Trinajstić information content (AvgIpc) is 3.57. The van der Waals surface area contributed by atoms with Gasteiger partial charge in [-0.2, -0.15) is 0 Å². The lowest BCUT2D eigenvalue weighted by Gasteiger charge is -2.36. The highest BCUT2D eigenvalue weighted by molar-refractivity contribution is 7.74. The zero-order chi connectivity index (χ0) is 32.1. The van der Waals surface area contributed by atoms with E-state index < -0.39 is 21.6 Å². The molecule has 0 amide bonds. The highest BCUT2D eigenvalue weighted by Gasteiger charge is 2.55. The van der Waals surface area contributed by atoms with Gasteiger partial charge in [0.25, 0.3) is 0 Å². The lowest BCUT2D eigenvalue weighted by molar-refractivity contribution is -0.150. The zero-order valence-corrected chi connectivity index (χ0v) is 28.6. The van der Waals surface area contributed by atoms with Gasteiger partial charge in [-0.25, -0.2) is 0 Å². The molecule has 2 nitrogen and oxygen atoms in total. The molecule has 6 aromatic rings. The van der Waals surface area contributed by atoms with Crippen LogP contribution < -0.4 is 21.2 Å². The van der Waals surface area contributed by atoms with E-state index in [4.69, 9.17) is 9.47 Å². The van der Waals surface area contributed by atoms with Crippen LogP contribution in [0.3, 0.4) is 0 Å². The Hall–Kier alpha value is -3.90. The number of ether oxygens (including phenoxy) is 2. The maximum atomic E-state index is 7.57. The van der Waals surface area contributed by atoms with E-state index in [1.807, 2.05) is 0 Å². The molecule has 0 spiro atoms. The molecule has 0 bridgehead atoms. The fraction of sp³-hybridized carbons (Fsp3) is 0.163. The molecule has 4 atom stereocenters. The predicted molar refractivity (Wildman–Crippen MR) is 200 cm³/mol. The molecule has 1 heterocycles. The first-order valence-electron chi connectivity index (χ1n) is 16.4. The van der Waals surface area contributed by atoms with Gasteiger partial charge in [-0.05, 0) is 37.1 Å². The van der Waals surface area contributed by atoms with Gasteiger partial charge in [0.05, 0.1) is 12.2 Å². The van der Waals surface area contributed by atoms with Gasteiger partial charge < -0.3 is 9.47 Å². The van der Waals surface area contributed by atoms with Crippen LogP contribution in [0.15, 0.2) is 182 Å². The molecule has 1 saturated heterocycles. The van der Waals surface area contributed by atoms with E-state index in [2.05, 4.69) is 196 Å². The van der Waals surface area contributed by atoms with Crippen LogP contribution >= 0.6 is 15.8 Å². The summed E-state index contributed by atoms with van der Waals surface area (Å²) in [5.74, 6) is -1.04. The monoisotopic (exact) mass is 650 g/mol. The molecular formula is C43H40O2P2. The number of benzene rings is 6. The topological polar surface area (TPSA) is 18.5 Å². The quantitative estimate of drug-likeness (QED) is 0.138. The number of rotatable bonds is 10. The van der Waals surface area contributed by atoms with Crippen molar-refractivity contribution < 1.29 is 9.47 Å². The van der Waals surface area contributed by atoms with Crippen LogP contribution in [0, 0.1) is 0 Å². The summed E-state index contributed by atoms with van der Waals surface area (Å²) < 4.78 is 15.1. The Morgan fingerprint density at radius 3 is 0.872 bits per heavy atom. The summed E-state index contributed by atoms with van der Waals surface area (Å²) in [7, 11) is -1.56. The summed E-state index contributed by atoms with van der Waals surface area (Å²) in [4.78, 5) is 0. The highest BCUT2D eigenvalue weighted by Crippen LogP contribution is 2.55. The van der Waals surface area contributed by atoms with Crippen molar-refractivity contribution in [3.8, 4) is 0 Å². The first-order valence-corrected chi connectivity index (χ1v) is 19.2. The third kappa shape index (κ3) is 6.49. The van der Waals surface area contributed by atoms with Crippen LogP contribution in [0.5, 0.6) is 0 Å². The molecule has 0 unspecified atom stereocenters. The SMILES string of the molecule is C[C@H]([C@H]1OC(c2ccccc2)(c2ccccc2)O[C@@H]1[C@@H](C)P(c1ccccc1)c1ccccc1)P(c1ccccc1)c1ccccc1. The van der Waals surface area contributed by atoms with Crippen molar-refractivity contribution in [2.24, 2.45) is 0 Å². The molecule has 0 N–H and O–H groups in total. The third-order valence-corrected chi connectivity index (χ3v) is 14.8. The third-order valence-electron chi connectivity index (χ3n) is 9.14. The lowest BCUT2D eigenvalue weighted by Crippen LogP contribution is -2.42. The standard InChI is InChI=1S/C43H40O2P2/c1-33(46(37-25-13-5-14-26-37)38-27-15-6-16-28-38)41-42(34(2)47(39-29-17-7-18-30-39)40-31-19-8-20-32-40)45-43(44-41,35-21-9-3-10-22-35)36-23-11-4-12-24-36/h3-34,41-42H,1-2H3/t33-,34-,41-,42-/m1/s1. The number of hydrogen-bond donors (Lipinski definition) is 0. The molecule has 0 aliphatic carbocycles. The zero-order valence-electron chi connectivity index (χ0n) is 26.8. The smallest absolute Gasteiger partial charge is 0.223 e. The Morgan fingerprint density at radius 1 is 0.383 bits per heavy atom. The Labute approximate surface area is 281 Å². The van der Waals surface area contributed by atoms with E-state index >= 15 is 0 Å². The second-order valence-electron chi connectivity index (χ2n) is 12.1. The van der Waals surface area contributed by atoms with Gasteiger partial charge in [0.2, 0.25) is 5.79 Å². The van der Waals surface area contributed by atoms with Gasteiger partial charge in [-0.15, -0.1) is 0 Å². The molecule has 1 aliphatic rings. The summed E-state index contributed by atoms with van der Waals surface area (Å²) in [6, 6.07) is 65.1. The summed E-state index contributed by atoms with van der Waals surface area (Å²) in [6.07, 6.45) is -0.372. The van der Waals surface area contributed by atoms with Crippen LogP contribution in [0.1, 0.15) is 25.0 Å². The molecule has 6 aromatic carbocycles. The van der Waals surface area contributed by atoms with E-state index in [0.717, 1.165) is 11.1 Å². The molecule has 7 rings (SSSR count). The Bertz CT molecular complexity index is 1600. The van der Waals surface area contributed by atoms with Gasteiger partial charge in [0, 0.05) is 22.4 Å². The van der Waals surface area contributed by atoms with Crippen molar-refractivity contribution in [3.63, 3.8) is 0 Å². The van der Waals surface area contributed by atoms with E-state index in [9.17, 15) is 0 Å². The van der Waals surface area contributed by atoms with Crippen molar-refractivity contribution in [1.82, 2.24) is 0 Å². The van der Waals surface area contributed by atoms with Crippen molar-refractivity contribution >= 4 is 37.1 Å². The minimum absolute atomic E-state index is 0.153. The lowest BCUT2D eigenvalue weighted by atomic mass is 9.97. The first-order chi connectivity index (χ1) is 23.2. The van der Waals surface area contributed by atoms with Crippen molar-refractivity contribution in [2.45, 2.75) is 43.2 Å². The number of hydrogen-bond acceptors (Lipinski definition) is 2. The van der Waals surface area contributed by atoms with Crippen molar-refractivity contribution in [2.75, 3.05) is 0 Å². The molecule has 234 valence electrons. The first kappa shape index (κ1) is 31.7. The van der Waals surface area contributed by atoms with E-state index in [1.54, 1.807) is 0 Å². The van der Waals surface area contributed by atoms with Crippen LogP contribution in [0.4, 0.5) is 0 Å². The molecular weight excluding hydrogens is 610 g/mol. The maximum absolute atomic E-state index is 7.57. The molecule has 0 aromatic heterocycles. The molecule has 0 radical (unpaired) electrons. The summed E-state index contributed by atoms with van der Waals surface area (Å²) in [5, 5.41) is 5.39. The minimum Gasteiger partial charge on any atom is -0.335 e. The molecule has 0 saturated carbocycles. The van der Waals surface area contributed by atoms with Gasteiger partial charge in [-0.1, -0.05) is 196 Å². The highest BCUT2D eigenvalue weighted by atomic mass is 31.1.